The van der Waals surface area contributed by atoms with E-state index in [1.807, 2.05) is 18.2 Å². The van der Waals surface area contributed by atoms with E-state index in [4.69, 9.17) is 9.90 Å². The van der Waals surface area contributed by atoms with Crippen LogP contribution in [0.1, 0.15) is 6.92 Å². The van der Waals surface area contributed by atoms with E-state index in [1.165, 1.54) is 12.7 Å². The quantitative estimate of drug-likeness (QED) is 0.673. The molecule has 0 aromatic carbocycles. The normalized spacial score (nSPS) is 7.53. The molecule has 6 nitrogen and oxygen atoms in total. The Labute approximate surface area is 87.0 Å². The smallest absolute Gasteiger partial charge is 0.300 e. The van der Waals surface area contributed by atoms with Crippen LogP contribution in [0.15, 0.2) is 43.2 Å². The maximum atomic E-state index is 9.00. The zero-order chi connectivity index (χ0) is 11.4. The number of carboxylic acids is 1. The summed E-state index contributed by atoms with van der Waals surface area (Å²) in [6.45, 7) is 1.08. The van der Waals surface area contributed by atoms with Crippen molar-refractivity contribution in [2.75, 3.05) is 0 Å². The van der Waals surface area contributed by atoms with Gasteiger partial charge in [0.15, 0.2) is 0 Å². The fraction of sp³-hybridized carbons (Fsp3) is 0.111. The van der Waals surface area contributed by atoms with Crippen LogP contribution >= 0.6 is 0 Å². The standard InChI is InChI=1S/C5H5N.C2H3N3.C2H4O2/c1-2-4-6-5-3-1;1-3-2-5-4-1;1-2(3)4/h1-5H;1-2H,(H,3,4,5);1H3,(H,3,4). The summed E-state index contributed by atoms with van der Waals surface area (Å²) in [6.07, 6.45) is 6.46. The lowest BCUT2D eigenvalue weighted by atomic mass is 10.5. The van der Waals surface area contributed by atoms with Crippen LogP contribution in [0.2, 0.25) is 0 Å². The van der Waals surface area contributed by atoms with E-state index < -0.39 is 5.97 Å². The number of rotatable bonds is 0. The van der Waals surface area contributed by atoms with Gasteiger partial charge in [-0.3, -0.25) is 14.9 Å². The van der Waals surface area contributed by atoms with Gasteiger partial charge < -0.3 is 5.11 Å². The van der Waals surface area contributed by atoms with Crippen molar-refractivity contribution in [2.45, 2.75) is 6.92 Å². The second-order valence-corrected chi connectivity index (χ2v) is 2.20. The minimum atomic E-state index is -0.833. The molecule has 15 heavy (non-hydrogen) atoms. The van der Waals surface area contributed by atoms with Crippen LogP contribution in [0.25, 0.3) is 0 Å². The number of hydrogen-bond acceptors (Lipinski definition) is 4. The summed E-state index contributed by atoms with van der Waals surface area (Å²) in [6, 6.07) is 5.72. The van der Waals surface area contributed by atoms with Crippen molar-refractivity contribution < 1.29 is 9.90 Å². The fourth-order valence-electron chi connectivity index (χ4n) is 0.479. The molecule has 0 bridgehead atoms. The molecule has 6 heteroatoms. The highest BCUT2D eigenvalue weighted by atomic mass is 16.4. The van der Waals surface area contributed by atoms with Crippen LogP contribution in [0, 0.1) is 0 Å². The third kappa shape index (κ3) is 14.6. The van der Waals surface area contributed by atoms with Gasteiger partial charge >= 0.3 is 0 Å². The van der Waals surface area contributed by atoms with Gasteiger partial charge in [0, 0.05) is 19.3 Å². The van der Waals surface area contributed by atoms with Gasteiger partial charge in [-0.15, -0.1) is 0 Å². The fourth-order valence-corrected chi connectivity index (χ4v) is 0.479. The number of nitrogens with zero attached hydrogens (tertiary/aromatic N) is 3. The van der Waals surface area contributed by atoms with Crippen LogP contribution in [-0.4, -0.2) is 31.2 Å². The van der Waals surface area contributed by atoms with Crippen molar-refractivity contribution in [3.05, 3.63) is 43.2 Å². The lowest BCUT2D eigenvalue weighted by molar-refractivity contribution is -0.134. The van der Waals surface area contributed by atoms with E-state index in [0.29, 0.717) is 0 Å². The number of aliphatic carboxylic acids is 1. The van der Waals surface area contributed by atoms with Crippen LogP contribution in [0.3, 0.4) is 0 Å². The highest BCUT2D eigenvalue weighted by molar-refractivity contribution is 5.62. The van der Waals surface area contributed by atoms with Gasteiger partial charge in [0.05, 0.1) is 0 Å². The maximum Gasteiger partial charge on any atom is 0.300 e. The number of carboxylic acid groups (broad SMARTS) is 1. The summed E-state index contributed by atoms with van der Waals surface area (Å²) in [5.74, 6) is -0.833. The monoisotopic (exact) mass is 208 g/mol. The molecule has 2 aromatic rings. The summed E-state index contributed by atoms with van der Waals surface area (Å²) < 4.78 is 0. The largest absolute Gasteiger partial charge is 0.481 e. The number of H-pyrrole nitrogens is 1. The number of aromatic nitrogens is 4. The molecular weight excluding hydrogens is 196 g/mol. The molecule has 0 aliphatic carbocycles. The van der Waals surface area contributed by atoms with Crippen molar-refractivity contribution in [1.82, 2.24) is 20.2 Å². The average molecular weight is 208 g/mol. The molecule has 0 radical (unpaired) electrons. The topological polar surface area (TPSA) is 91.8 Å². The molecule has 0 aliphatic heterocycles. The molecule has 0 saturated heterocycles. The maximum absolute atomic E-state index is 9.00. The first-order valence-corrected chi connectivity index (χ1v) is 4.06. The molecule has 0 saturated carbocycles. The molecule has 0 spiro atoms. The Morgan fingerprint density at radius 2 is 1.80 bits per heavy atom. The van der Waals surface area contributed by atoms with Crippen molar-refractivity contribution in [3.63, 3.8) is 0 Å². The van der Waals surface area contributed by atoms with Crippen LogP contribution in [-0.2, 0) is 4.79 Å². The van der Waals surface area contributed by atoms with Crippen molar-refractivity contribution in [2.24, 2.45) is 0 Å². The highest BCUT2D eigenvalue weighted by Crippen LogP contribution is 1.73. The van der Waals surface area contributed by atoms with E-state index in [9.17, 15) is 0 Å². The number of aromatic amines is 1. The Kier molecular flexibility index (Phi) is 8.37. The Bertz CT molecular complexity index is 275. The molecule has 2 N–H and O–H groups in total. The van der Waals surface area contributed by atoms with Crippen LogP contribution < -0.4 is 0 Å². The van der Waals surface area contributed by atoms with Crippen molar-refractivity contribution in [1.29, 1.82) is 0 Å². The van der Waals surface area contributed by atoms with E-state index in [1.54, 1.807) is 12.4 Å². The summed E-state index contributed by atoms with van der Waals surface area (Å²) in [5.41, 5.74) is 0. The number of pyridine rings is 1. The van der Waals surface area contributed by atoms with Gasteiger partial charge in [0.1, 0.15) is 12.7 Å². The third-order valence-electron chi connectivity index (χ3n) is 0.898. The number of nitrogens with one attached hydrogen (secondary N) is 1. The van der Waals surface area contributed by atoms with Gasteiger partial charge in [-0.2, -0.15) is 5.10 Å². The van der Waals surface area contributed by atoms with Gasteiger partial charge in [0.2, 0.25) is 0 Å². The second kappa shape index (κ2) is 9.85. The third-order valence-corrected chi connectivity index (χ3v) is 0.898. The summed E-state index contributed by atoms with van der Waals surface area (Å²) in [5, 5.41) is 13.4. The molecule has 2 rings (SSSR count). The Morgan fingerprint density at radius 3 is 1.93 bits per heavy atom. The Morgan fingerprint density at radius 1 is 1.20 bits per heavy atom. The zero-order valence-corrected chi connectivity index (χ0v) is 8.24. The Hall–Kier alpha value is -2.24. The first-order valence-electron chi connectivity index (χ1n) is 4.06. The lowest BCUT2D eigenvalue weighted by Crippen LogP contribution is -1.78. The van der Waals surface area contributed by atoms with E-state index in [2.05, 4.69) is 20.2 Å². The van der Waals surface area contributed by atoms with Crippen LogP contribution in [0.4, 0.5) is 0 Å². The summed E-state index contributed by atoms with van der Waals surface area (Å²) in [7, 11) is 0. The van der Waals surface area contributed by atoms with Gasteiger partial charge in [-0.05, 0) is 12.1 Å². The molecule has 0 aliphatic rings. The highest BCUT2D eigenvalue weighted by Gasteiger charge is 1.65. The SMILES string of the molecule is CC(=O)O.c1ccncc1.c1nc[nH]n1. The first kappa shape index (κ1) is 12.8. The molecule has 0 fully saturated rings. The average Bonchev–Trinajstić information content (AvgIpc) is 2.77. The molecule has 0 atom stereocenters. The second-order valence-electron chi connectivity index (χ2n) is 2.20. The predicted octanol–water partition coefficient (Wildman–Crippen LogP) is 0.977. The first-order chi connectivity index (χ1) is 7.23. The molecule has 2 heterocycles. The molecule has 80 valence electrons. The Balaban J connectivity index is 0.000000202. The zero-order valence-electron chi connectivity index (χ0n) is 8.24. The summed E-state index contributed by atoms with van der Waals surface area (Å²) in [4.78, 5) is 16.3. The van der Waals surface area contributed by atoms with E-state index in [0.717, 1.165) is 6.92 Å². The molecule has 0 amide bonds. The van der Waals surface area contributed by atoms with Gasteiger partial charge in [-0.1, -0.05) is 6.07 Å². The van der Waals surface area contributed by atoms with E-state index in [-0.39, 0.29) is 0 Å². The number of hydrogen-bond donors (Lipinski definition) is 2. The van der Waals surface area contributed by atoms with Crippen LogP contribution in [0.5, 0.6) is 0 Å². The molecule has 0 unspecified atom stereocenters. The van der Waals surface area contributed by atoms with Gasteiger partial charge in [0.25, 0.3) is 5.97 Å². The lowest BCUT2D eigenvalue weighted by Gasteiger charge is -1.70. The minimum Gasteiger partial charge on any atom is -0.481 e. The minimum absolute atomic E-state index is 0.833. The number of carbonyl (C=O) groups is 1. The van der Waals surface area contributed by atoms with Crippen molar-refractivity contribution in [3.8, 4) is 0 Å². The van der Waals surface area contributed by atoms with Gasteiger partial charge in [-0.25, -0.2) is 4.98 Å². The summed E-state index contributed by atoms with van der Waals surface area (Å²) >= 11 is 0. The molecular formula is C9H12N4O2. The molecule has 2 aromatic heterocycles. The van der Waals surface area contributed by atoms with E-state index >= 15 is 0 Å². The predicted molar refractivity (Wildman–Crippen MR) is 53.9 cm³/mol. The van der Waals surface area contributed by atoms with Crippen molar-refractivity contribution >= 4 is 5.97 Å².